The van der Waals surface area contributed by atoms with Crippen LogP contribution in [0.2, 0.25) is 0 Å². The highest BCUT2D eigenvalue weighted by Crippen LogP contribution is 2.11. The van der Waals surface area contributed by atoms with E-state index in [4.69, 9.17) is 10.8 Å². The van der Waals surface area contributed by atoms with E-state index in [0.29, 0.717) is 6.42 Å². The van der Waals surface area contributed by atoms with Crippen LogP contribution in [0.5, 0.6) is 0 Å². The zero-order valence-corrected chi connectivity index (χ0v) is 10.1. The molecule has 8 nitrogen and oxygen atoms in total. The van der Waals surface area contributed by atoms with Gasteiger partial charge >= 0.3 is 0 Å². The van der Waals surface area contributed by atoms with Crippen LogP contribution in [-0.4, -0.2) is 26.5 Å². The van der Waals surface area contributed by atoms with Gasteiger partial charge in [-0.2, -0.15) is 5.26 Å². The second kappa shape index (κ2) is 6.56. The lowest BCUT2D eigenvalue weighted by atomic mass is 10.4. The molecule has 0 atom stereocenters. The molecule has 0 fully saturated rings. The first-order valence-corrected chi connectivity index (χ1v) is 6.46. The van der Waals surface area contributed by atoms with Crippen LogP contribution >= 0.6 is 0 Å². The molecule has 0 saturated heterocycles. The van der Waals surface area contributed by atoms with Gasteiger partial charge < -0.3 is 0 Å². The van der Waals surface area contributed by atoms with Crippen molar-refractivity contribution in [1.29, 1.82) is 5.26 Å². The van der Waals surface area contributed by atoms with Crippen molar-refractivity contribution in [3.63, 3.8) is 0 Å². The van der Waals surface area contributed by atoms with Crippen LogP contribution in [0.1, 0.15) is 12.1 Å². The molecule has 0 bridgehead atoms. The van der Waals surface area contributed by atoms with Gasteiger partial charge in [-0.1, -0.05) is 5.11 Å². The van der Waals surface area contributed by atoms with Crippen molar-refractivity contribution in [2.75, 3.05) is 13.1 Å². The topological polar surface area (TPSA) is 132 Å². The second-order valence-corrected chi connectivity index (χ2v) is 4.90. The largest absolute Gasteiger partial charge is 0.244 e. The Morgan fingerprint density at radius 1 is 1.61 bits per heavy atom. The van der Waals surface area contributed by atoms with Crippen LogP contribution in [0.3, 0.4) is 0 Å². The van der Waals surface area contributed by atoms with Gasteiger partial charge in [-0.05, 0) is 24.1 Å². The summed E-state index contributed by atoms with van der Waals surface area (Å²) < 4.78 is 26.0. The summed E-state index contributed by atoms with van der Waals surface area (Å²) in [5.74, 6) is 0. The number of pyridine rings is 1. The molecule has 18 heavy (non-hydrogen) atoms. The lowest BCUT2D eigenvalue weighted by Gasteiger charge is -2.06. The highest BCUT2D eigenvalue weighted by Gasteiger charge is 2.18. The zero-order valence-electron chi connectivity index (χ0n) is 9.31. The number of aromatic nitrogens is 1. The number of hydrogen-bond acceptors (Lipinski definition) is 5. The van der Waals surface area contributed by atoms with Gasteiger partial charge in [0.1, 0.15) is 11.0 Å². The van der Waals surface area contributed by atoms with E-state index in [2.05, 4.69) is 19.7 Å². The van der Waals surface area contributed by atoms with Crippen molar-refractivity contribution in [2.24, 2.45) is 5.11 Å². The molecule has 0 aromatic carbocycles. The van der Waals surface area contributed by atoms with Gasteiger partial charge in [0, 0.05) is 24.2 Å². The maximum Gasteiger partial charge on any atom is 0.243 e. The first-order chi connectivity index (χ1) is 8.61. The van der Waals surface area contributed by atoms with E-state index in [1.54, 1.807) is 6.07 Å². The molecule has 9 heteroatoms. The quantitative estimate of drug-likeness (QED) is 0.355. The Hall–Kier alpha value is -2.14. The second-order valence-electron chi connectivity index (χ2n) is 3.17. The average Bonchev–Trinajstić information content (AvgIpc) is 2.38. The van der Waals surface area contributed by atoms with Gasteiger partial charge in [0.05, 0.1) is 0 Å². The molecule has 1 heterocycles. The van der Waals surface area contributed by atoms with E-state index < -0.39 is 10.0 Å². The summed E-state index contributed by atoms with van der Waals surface area (Å²) in [6, 6.07) is 4.46. The first-order valence-electron chi connectivity index (χ1n) is 4.97. The van der Waals surface area contributed by atoms with Crippen LogP contribution in [0.4, 0.5) is 0 Å². The van der Waals surface area contributed by atoms with E-state index in [-0.39, 0.29) is 23.7 Å². The number of nitrogens with one attached hydrogen (secondary N) is 1. The van der Waals surface area contributed by atoms with Crippen molar-refractivity contribution < 1.29 is 8.42 Å². The van der Waals surface area contributed by atoms with Gasteiger partial charge in [0.25, 0.3) is 0 Å². The summed E-state index contributed by atoms with van der Waals surface area (Å²) >= 11 is 0. The molecule has 0 unspecified atom stereocenters. The molecule has 0 aliphatic carbocycles. The molecular formula is C9H10N6O2S. The van der Waals surface area contributed by atoms with E-state index >= 15 is 0 Å². The van der Waals surface area contributed by atoms with E-state index in [1.165, 1.54) is 18.3 Å². The maximum absolute atomic E-state index is 11.8. The lowest BCUT2D eigenvalue weighted by Crippen LogP contribution is -2.26. The smallest absolute Gasteiger partial charge is 0.243 e. The minimum Gasteiger partial charge on any atom is -0.244 e. The Bertz CT molecular complexity index is 600. The number of rotatable bonds is 6. The lowest BCUT2D eigenvalue weighted by molar-refractivity contribution is 0.579. The fraction of sp³-hybridized carbons (Fsp3) is 0.333. The first kappa shape index (κ1) is 13.9. The van der Waals surface area contributed by atoms with Crippen molar-refractivity contribution in [2.45, 2.75) is 11.3 Å². The van der Waals surface area contributed by atoms with Gasteiger partial charge in [-0.25, -0.2) is 18.1 Å². The third-order valence-electron chi connectivity index (χ3n) is 1.96. The van der Waals surface area contributed by atoms with Gasteiger partial charge in [0.15, 0.2) is 5.69 Å². The van der Waals surface area contributed by atoms with Crippen molar-refractivity contribution in [1.82, 2.24) is 9.71 Å². The SMILES string of the molecule is N#Cc1ncccc1S(=O)(=O)NCCCN=[N+]=[N-]. The van der Waals surface area contributed by atoms with Gasteiger partial charge in [-0.3, -0.25) is 0 Å². The Kier molecular flexibility index (Phi) is 5.07. The highest BCUT2D eigenvalue weighted by atomic mass is 32.2. The number of hydrogen-bond donors (Lipinski definition) is 1. The Balaban J connectivity index is 2.75. The Morgan fingerprint density at radius 3 is 3.06 bits per heavy atom. The zero-order chi connectivity index (χ0) is 13.4. The minimum absolute atomic E-state index is 0.126. The molecule has 1 aromatic heterocycles. The standard InChI is InChI=1S/C9H10N6O2S/c10-7-8-9(3-1-4-12-8)18(16,17)14-6-2-5-13-15-11/h1,3-4,14H,2,5-6H2. The van der Waals surface area contributed by atoms with Crippen LogP contribution in [0.15, 0.2) is 28.3 Å². The van der Waals surface area contributed by atoms with Crippen molar-refractivity contribution in [3.05, 3.63) is 34.5 Å². The fourth-order valence-electron chi connectivity index (χ4n) is 1.17. The molecule has 0 saturated carbocycles. The summed E-state index contributed by atoms with van der Waals surface area (Å²) in [4.78, 5) is 6.07. The summed E-state index contributed by atoms with van der Waals surface area (Å²) in [6.45, 7) is 0.332. The predicted molar refractivity (Wildman–Crippen MR) is 62.8 cm³/mol. The van der Waals surface area contributed by atoms with Gasteiger partial charge in [-0.15, -0.1) is 0 Å². The van der Waals surface area contributed by atoms with Crippen LogP contribution < -0.4 is 4.72 Å². The van der Waals surface area contributed by atoms with Crippen LogP contribution in [-0.2, 0) is 10.0 Å². The van der Waals surface area contributed by atoms with Crippen LogP contribution in [0.25, 0.3) is 10.4 Å². The molecule has 94 valence electrons. The van der Waals surface area contributed by atoms with Crippen molar-refractivity contribution >= 4 is 10.0 Å². The fourth-order valence-corrected chi connectivity index (χ4v) is 2.35. The Morgan fingerprint density at radius 2 is 2.39 bits per heavy atom. The number of nitriles is 1. The molecule has 0 amide bonds. The Labute approximate surface area is 104 Å². The molecule has 1 rings (SSSR count). The summed E-state index contributed by atoms with van der Waals surface area (Å²) in [5, 5.41) is 12.0. The summed E-state index contributed by atoms with van der Waals surface area (Å²) in [7, 11) is -3.76. The third-order valence-corrected chi connectivity index (χ3v) is 3.45. The minimum atomic E-state index is -3.76. The molecule has 0 radical (unpaired) electrons. The number of nitrogens with zero attached hydrogens (tertiary/aromatic N) is 5. The molecule has 1 aromatic rings. The number of sulfonamides is 1. The molecular weight excluding hydrogens is 256 g/mol. The summed E-state index contributed by atoms with van der Waals surface area (Å²) in [6.07, 6.45) is 1.73. The number of azide groups is 1. The van der Waals surface area contributed by atoms with Gasteiger partial charge in [0.2, 0.25) is 10.0 Å². The molecule has 0 spiro atoms. The van der Waals surface area contributed by atoms with Crippen molar-refractivity contribution in [3.8, 4) is 6.07 Å². The average molecular weight is 266 g/mol. The predicted octanol–water partition coefficient (Wildman–Crippen LogP) is 0.932. The van der Waals surface area contributed by atoms with E-state index in [9.17, 15) is 8.42 Å². The highest BCUT2D eigenvalue weighted by molar-refractivity contribution is 7.89. The van der Waals surface area contributed by atoms with E-state index in [0.717, 1.165) is 0 Å². The molecule has 1 N–H and O–H groups in total. The molecule has 0 aliphatic rings. The monoisotopic (exact) mass is 266 g/mol. The maximum atomic E-state index is 11.8. The molecule has 0 aliphatic heterocycles. The normalized spacial score (nSPS) is 10.4. The summed E-state index contributed by atoms with van der Waals surface area (Å²) in [5.41, 5.74) is 7.89. The van der Waals surface area contributed by atoms with E-state index in [1.807, 2.05) is 0 Å². The third kappa shape index (κ3) is 3.71. The van der Waals surface area contributed by atoms with Crippen LogP contribution in [0, 0.1) is 11.3 Å².